The van der Waals surface area contributed by atoms with E-state index in [2.05, 4.69) is 4.98 Å². The van der Waals surface area contributed by atoms with Crippen LogP contribution < -0.4 is 5.56 Å². The molecule has 1 aromatic carbocycles. The van der Waals surface area contributed by atoms with E-state index in [1.165, 1.54) is 0 Å². The monoisotopic (exact) mass is 259 g/mol. The molecule has 0 bridgehead atoms. The zero-order valence-corrected chi connectivity index (χ0v) is 8.49. The molecular weight excluding hydrogens is 255 g/mol. The van der Waals surface area contributed by atoms with Crippen LogP contribution >= 0.6 is 0 Å². The van der Waals surface area contributed by atoms with Gasteiger partial charge in [0.15, 0.2) is 0 Å². The zero-order chi connectivity index (χ0) is 13.5. The Kier molecular flexibility index (Phi) is 2.53. The van der Waals surface area contributed by atoms with Crippen molar-refractivity contribution >= 4 is 16.7 Å². The predicted octanol–water partition coefficient (Wildman–Crippen LogP) is 1.85. The number of non-ortho nitro benzene ring substituents is 1. The van der Waals surface area contributed by atoms with Crippen molar-refractivity contribution in [2.45, 2.75) is 6.18 Å². The van der Waals surface area contributed by atoms with E-state index in [0.717, 1.165) is 18.2 Å². The van der Waals surface area contributed by atoms with Gasteiger partial charge < -0.3 is 4.98 Å². The third-order valence-corrected chi connectivity index (χ3v) is 2.16. The van der Waals surface area contributed by atoms with Gasteiger partial charge in [0, 0.05) is 12.1 Å². The van der Waals surface area contributed by atoms with Gasteiger partial charge >= 0.3 is 6.18 Å². The van der Waals surface area contributed by atoms with Crippen LogP contribution in [0.2, 0.25) is 0 Å². The second-order valence-corrected chi connectivity index (χ2v) is 3.37. The normalized spacial score (nSPS) is 11.7. The van der Waals surface area contributed by atoms with Gasteiger partial charge in [0.05, 0.1) is 16.0 Å². The molecule has 1 N–H and O–H groups in total. The molecule has 9 heteroatoms. The average molecular weight is 259 g/mol. The van der Waals surface area contributed by atoms with Crippen LogP contribution in [-0.4, -0.2) is 14.9 Å². The lowest BCUT2D eigenvalue weighted by atomic mass is 10.2. The number of nitrogens with zero attached hydrogens (tertiary/aromatic N) is 2. The first kappa shape index (κ1) is 12.0. The maximum Gasteiger partial charge on any atom is 0.438 e. The lowest BCUT2D eigenvalue weighted by molar-refractivity contribution is -0.384. The highest BCUT2D eigenvalue weighted by Crippen LogP contribution is 2.26. The van der Waals surface area contributed by atoms with E-state index in [1.54, 1.807) is 0 Å². The molecule has 1 heterocycles. The summed E-state index contributed by atoms with van der Waals surface area (Å²) in [7, 11) is 0. The number of halogens is 3. The van der Waals surface area contributed by atoms with Crippen molar-refractivity contribution in [2.75, 3.05) is 0 Å². The summed E-state index contributed by atoms with van der Waals surface area (Å²) in [6, 6.07) is 3.05. The Morgan fingerprint density at radius 1 is 1.33 bits per heavy atom. The number of aromatic amines is 1. The van der Waals surface area contributed by atoms with Gasteiger partial charge in [-0.3, -0.25) is 14.9 Å². The van der Waals surface area contributed by atoms with Crippen molar-refractivity contribution < 1.29 is 18.1 Å². The number of aromatic nitrogens is 2. The van der Waals surface area contributed by atoms with E-state index in [-0.39, 0.29) is 11.0 Å². The van der Waals surface area contributed by atoms with Gasteiger partial charge in [0.1, 0.15) is 0 Å². The standard InChI is InChI=1S/C9H4F3N3O3/c10-9(11,12)7-8(16)14-5-2-1-4(15(17)18)3-6(5)13-7/h1-3H,(H,14,16). The molecule has 2 rings (SSSR count). The first-order chi connectivity index (χ1) is 8.29. The van der Waals surface area contributed by atoms with Crippen molar-refractivity contribution in [1.29, 1.82) is 0 Å². The molecule has 0 unspecified atom stereocenters. The highest BCUT2D eigenvalue weighted by atomic mass is 19.4. The van der Waals surface area contributed by atoms with Gasteiger partial charge in [-0.05, 0) is 6.07 Å². The molecule has 0 aliphatic rings. The number of benzene rings is 1. The maximum atomic E-state index is 12.4. The van der Waals surface area contributed by atoms with Gasteiger partial charge in [-0.15, -0.1) is 0 Å². The molecular formula is C9H4F3N3O3. The quantitative estimate of drug-likeness (QED) is 0.625. The summed E-state index contributed by atoms with van der Waals surface area (Å²) in [5.41, 5.74) is -3.72. The van der Waals surface area contributed by atoms with Crippen LogP contribution in [0.4, 0.5) is 18.9 Å². The SMILES string of the molecule is O=c1[nH]c2ccc([N+](=O)[O-])cc2nc1C(F)(F)F. The molecule has 0 spiro atoms. The minimum absolute atomic E-state index is 0.00130. The van der Waals surface area contributed by atoms with Gasteiger partial charge in [-0.2, -0.15) is 13.2 Å². The summed E-state index contributed by atoms with van der Waals surface area (Å²) in [5.74, 6) is 0. The van der Waals surface area contributed by atoms with E-state index in [0.29, 0.717) is 0 Å². The summed E-state index contributed by atoms with van der Waals surface area (Å²) in [6.45, 7) is 0. The number of hydrogen-bond acceptors (Lipinski definition) is 4. The molecule has 0 atom stereocenters. The second kappa shape index (κ2) is 3.79. The van der Waals surface area contributed by atoms with E-state index >= 15 is 0 Å². The maximum absolute atomic E-state index is 12.4. The molecule has 1 aromatic heterocycles. The first-order valence-electron chi connectivity index (χ1n) is 4.55. The third-order valence-electron chi connectivity index (χ3n) is 2.16. The van der Waals surface area contributed by atoms with Gasteiger partial charge in [-0.1, -0.05) is 0 Å². The zero-order valence-electron chi connectivity index (χ0n) is 8.49. The highest BCUT2D eigenvalue weighted by molar-refractivity contribution is 5.76. The van der Waals surface area contributed by atoms with Crippen LogP contribution in [-0.2, 0) is 6.18 Å². The number of alkyl halides is 3. The highest BCUT2D eigenvalue weighted by Gasteiger charge is 2.36. The Morgan fingerprint density at radius 2 is 2.00 bits per heavy atom. The Hall–Kier alpha value is -2.45. The molecule has 0 fully saturated rings. The number of nitrogens with one attached hydrogen (secondary N) is 1. The lowest BCUT2D eigenvalue weighted by Crippen LogP contribution is -2.23. The molecule has 6 nitrogen and oxygen atoms in total. The number of nitro benzene ring substituents is 1. The Morgan fingerprint density at radius 3 is 2.56 bits per heavy atom. The van der Waals surface area contributed by atoms with E-state index in [9.17, 15) is 28.1 Å². The van der Waals surface area contributed by atoms with Crippen LogP contribution in [0.15, 0.2) is 23.0 Å². The van der Waals surface area contributed by atoms with Crippen molar-refractivity contribution in [3.8, 4) is 0 Å². The summed E-state index contributed by atoms with van der Waals surface area (Å²) < 4.78 is 37.3. The molecule has 94 valence electrons. The summed E-state index contributed by atoms with van der Waals surface area (Å²) in [6.07, 6.45) is -4.91. The van der Waals surface area contributed by atoms with E-state index in [4.69, 9.17) is 0 Å². The summed E-state index contributed by atoms with van der Waals surface area (Å²) >= 11 is 0. The summed E-state index contributed by atoms with van der Waals surface area (Å²) in [4.78, 5) is 25.9. The molecule has 0 aliphatic carbocycles. The van der Waals surface area contributed by atoms with Crippen molar-refractivity contribution in [3.05, 3.63) is 44.4 Å². The van der Waals surface area contributed by atoms with Crippen LogP contribution in [0.1, 0.15) is 5.69 Å². The molecule has 2 aromatic rings. The van der Waals surface area contributed by atoms with Crippen LogP contribution in [0.3, 0.4) is 0 Å². The molecule has 0 saturated heterocycles. The van der Waals surface area contributed by atoms with Gasteiger partial charge in [0.2, 0.25) is 5.69 Å². The topological polar surface area (TPSA) is 88.9 Å². The Bertz CT molecular complexity index is 693. The number of rotatable bonds is 1. The van der Waals surface area contributed by atoms with Crippen molar-refractivity contribution in [1.82, 2.24) is 9.97 Å². The molecule has 0 amide bonds. The van der Waals surface area contributed by atoms with Crippen LogP contribution in [0.25, 0.3) is 11.0 Å². The number of fused-ring (bicyclic) bond motifs is 1. The minimum atomic E-state index is -4.91. The summed E-state index contributed by atoms with van der Waals surface area (Å²) in [5, 5.41) is 10.5. The predicted molar refractivity (Wildman–Crippen MR) is 54.0 cm³/mol. The fourth-order valence-electron chi connectivity index (χ4n) is 1.38. The van der Waals surface area contributed by atoms with Gasteiger partial charge in [0.25, 0.3) is 11.2 Å². The Balaban J connectivity index is 2.75. The molecule has 0 radical (unpaired) electrons. The van der Waals surface area contributed by atoms with Crippen molar-refractivity contribution in [3.63, 3.8) is 0 Å². The first-order valence-corrected chi connectivity index (χ1v) is 4.55. The van der Waals surface area contributed by atoms with E-state index in [1.807, 2.05) is 4.98 Å². The van der Waals surface area contributed by atoms with Crippen LogP contribution in [0.5, 0.6) is 0 Å². The number of hydrogen-bond donors (Lipinski definition) is 1. The molecule has 18 heavy (non-hydrogen) atoms. The second-order valence-electron chi connectivity index (χ2n) is 3.37. The fraction of sp³-hybridized carbons (Fsp3) is 0.111. The van der Waals surface area contributed by atoms with E-state index < -0.39 is 28.0 Å². The lowest BCUT2D eigenvalue weighted by Gasteiger charge is -2.05. The number of H-pyrrole nitrogens is 1. The largest absolute Gasteiger partial charge is 0.438 e. The third kappa shape index (κ3) is 2.01. The Labute approximate surface area is 96.2 Å². The average Bonchev–Trinajstić information content (AvgIpc) is 2.25. The minimum Gasteiger partial charge on any atom is -0.319 e. The smallest absolute Gasteiger partial charge is 0.319 e. The fourth-order valence-corrected chi connectivity index (χ4v) is 1.38. The van der Waals surface area contributed by atoms with Crippen LogP contribution in [0, 0.1) is 10.1 Å². The van der Waals surface area contributed by atoms with Crippen molar-refractivity contribution in [2.24, 2.45) is 0 Å². The number of nitro groups is 1. The molecule has 0 aliphatic heterocycles. The van der Waals surface area contributed by atoms with Gasteiger partial charge in [-0.25, -0.2) is 4.98 Å². The molecule has 0 saturated carbocycles.